The number of aromatic nitrogens is 1. The number of thiazole rings is 1. The average Bonchev–Trinajstić information content (AvgIpc) is 2.89. The zero-order valence-electron chi connectivity index (χ0n) is 11.5. The number of hydrogen-bond acceptors (Lipinski definition) is 5. The van der Waals surface area contributed by atoms with E-state index in [0.717, 1.165) is 23.1 Å². The van der Waals surface area contributed by atoms with E-state index < -0.39 is 6.04 Å². The molecule has 2 heterocycles. The van der Waals surface area contributed by atoms with Gasteiger partial charge < -0.3 is 15.8 Å². The van der Waals surface area contributed by atoms with Crippen LogP contribution in [0.4, 0.5) is 5.13 Å². The summed E-state index contributed by atoms with van der Waals surface area (Å²) in [7, 11) is 0. The summed E-state index contributed by atoms with van der Waals surface area (Å²) in [4.78, 5) is 16.6. The van der Waals surface area contributed by atoms with Crippen molar-refractivity contribution in [3.8, 4) is 0 Å². The number of rotatable bonds is 3. The van der Waals surface area contributed by atoms with Gasteiger partial charge in [0.15, 0.2) is 5.13 Å². The molecule has 1 aliphatic heterocycles. The Morgan fingerprint density at radius 3 is 2.81 bits per heavy atom. The van der Waals surface area contributed by atoms with Crippen LogP contribution in [0.2, 0.25) is 0 Å². The van der Waals surface area contributed by atoms with Gasteiger partial charge in [0.25, 0.3) is 0 Å². The Bertz CT molecular complexity index is 580. The SMILES string of the molecule is Cl.NC(C(=O)Nc1nc2ccccc2s1)C1CCOCC1. The largest absolute Gasteiger partial charge is 0.381 e. The predicted molar refractivity (Wildman–Crippen MR) is 87.0 cm³/mol. The van der Waals surface area contributed by atoms with E-state index in [4.69, 9.17) is 10.5 Å². The lowest BCUT2D eigenvalue weighted by atomic mass is 9.92. The van der Waals surface area contributed by atoms with Crippen LogP contribution < -0.4 is 11.1 Å². The molecule has 0 radical (unpaired) electrons. The van der Waals surface area contributed by atoms with Crippen molar-refractivity contribution in [2.75, 3.05) is 18.5 Å². The minimum absolute atomic E-state index is 0. The monoisotopic (exact) mass is 327 g/mol. The van der Waals surface area contributed by atoms with E-state index >= 15 is 0 Å². The molecule has 1 atom stereocenters. The summed E-state index contributed by atoms with van der Waals surface area (Å²) in [5.74, 6) is 0.0362. The van der Waals surface area contributed by atoms with Gasteiger partial charge in [0.1, 0.15) is 0 Å². The number of nitrogens with zero attached hydrogens (tertiary/aromatic N) is 1. The molecule has 1 unspecified atom stereocenters. The summed E-state index contributed by atoms with van der Waals surface area (Å²) >= 11 is 1.47. The second kappa shape index (κ2) is 7.17. The van der Waals surface area contributed by atoms with E-state index in [-0.39, 0.29) is 24.2 Å². The second-order valence-electron chi connectivity index (χ2n) is 4.95. The molecule has 1 aromatic carbocycles. The maximum Gasteiger partial charge on any atom is 0.243 e. The van der Waals surface area contributed by atoms with Gasteiger partial charge in [-0.05, 0) is 30.9 Å². The number of fused-ring (bicyclic) bond motifs is 1. The first-order chi connectivity index (χ1) is 9.74. The summed E-state index contributed by atoms with van der Waals surface area (Å²) in [6.45, 7) is 1.37. The molecule has 1 amide bonds. The molecule has 0 bridgehead atoms. The Balaban J connectivity index is 0.00000161. The number of carbonyl (C=O) groups excluding carboxylic acids is 1. The number of anilines is 1. The highest BCUT2D eigenvalue weighted by atomic mass is 35.5. The normalized spacial score (nSPS) is 17.2. The van der Waals surface area contributed by atoms with E-state index in [0.29, 0.717) is 18.3 Å². The highest BCUT2D eigenvalue weighted by Gasteiger charge is 2.27. The maximum absolute atomic E-state index is 12.2. The zero-order valence-corrected chi connectivity index (χ0v) is 13.1. The number of benzene rings is 1. The van der Waals surface area contributed by atoms with E-state index in [1.165, 1.54) is 11.3 Å². The van der Waals surface area contributed by atoms with Gasteiger partial charge in [-0.3, -0.25) is 4.79 Å². The molecule has 1 aliphatic rings. The standard InChI is InChI=1S/C14H17N3O2S.ClH/c15-12(9-5-7-19-8-6-9)13(18)17-14-16-10-3-1-2-4-11(10)20-14;/h1-4,9,12H,5-8,15H2,(H,16,17,18);1H. The lowest BCUT2D eigenvalue weighted by Crippen LogP contribution is -2.43. The molecule has 7 heteroatoms. The molecule has 1 fully saturated rings. The molecule has 1 saturated heterocycles. The summed E-state index contributed by atoms with van der Waals surface area (Å²) in [6.07, 6.45) is 1.68. The first-order valence-electron chi connectivity index (χ1n) is 6.74. The van der Waals surface area contributed by atoms with Crippen molar-refractivity contribution in [2.24, 2.45) is 11.7 Å². The fourth-order valence-electron chi connectivity index (χ4n) is 2.40. The Kier molecular flexibility index (Phi) is 5.52. The summed E-state index contributed by atoms with van der Waals surface area (Å²) in [5.41, 5.74) is 6.94. The van der Waals surface area contributed by atoms with Crippen LogP contribution in [0.1, 0.15) is 12.8 Å². The van der Waals surface area contributed by atoms with Gasteiger partial charge in [-0.25, -0.2) is 4.98 Å². The third kappa shape index (κ3) is 3.71. The maximum atomic E-state index is 12.2. The molecular weight excluding hydrogens is 310 g/mol. The van der Waals surface area contributed by atoms with Crippen LogP contribution in [0.3, 0.4) is 0 Å². The van der Waals surface area contributed by atoms with Crippen LogP contribution in [0.15, 0.2) is 24.3 Å². The predicted octanol–water partition coefficient (Wildman–Crippen LogP) is 2.41. The van der Waals surface area contributed by atoms with Crippen molar-refractivity contribution in [1.82, 2.24) is 4.98 Å². The van der Waals surface area contributed by atoms with Crippen LogP contribution in [0.25, 0.3) is 10.2 Å². The first kappa shape index (κ1) is 16.2. The van der Waals surface area contributed by atoms with Crippen LogP contribution in [0, 0.1) is 5.92 Å². The van der Waals surface area contributed by atoms with Crippen LogP contribution in [-0.2, 0) is 9.53 Å². The Hall–Kier alpha value is -1.21. The van der Waals surface area contributed by atoms with Gasteiger partial charge in [0.2, 0.25) is 5.91 Å². The van der Waals surface area contributed by atoms with Gasteiger partial charge in [-0.15, -0.1) is 12.4 Å². The molecule has 0 spiro atoms. The molecule has 21 heavy (non-hydrogen) atoms. The number of hydrogen-bond donors (Lipinski definition) is 2. The topological polar surface area (TPSA) is 77.2 Å². The molecule has 3 rings (SSSR count). The average molecular weight is 328 g/mol. The van der Waals surface area contributed by atoms with Crippen molar-refractivity contribution >= 4 is 45.0 Å². The number of nitrogens with two attached hydrogens (primary N) is 1. The molecular formula is C14H18ClN3O2S. The number of carbonyl (C=O) groups is 1. The van der Waals surface area contributed by atoms with Gasteiger partial charge in [-0.1, -0.05) is 23.5 Å². The van der Waals surface area contributed by atoms with Gasteiger partial charge in [0.05, 0.1) is 16.3 Å². The van der Waals surface area contributed by atoms with Crippen LogP contribution in [0.5, 0.6) is 0 Å². The van der Waals surface area contributed by atoms with E-state index in [1.807, 2.05) is 24.3 Å². The summed E-state index contributed by atoms with van der Waals surface area (Å²) in [6, 6.07) is 7.31. The third-order valence-corrected chi connectivity index (χ3v) is 4.55. The smallest absolute Gasteiger partial charge is 0.243 e. The number of ether oxygens (including phenoxy) is 1. The lowest BCUT2D eigenvalue weighted by molar-refractivity contribution is -0.119. The fourth-order valence-corrected chi connectivity index (χ4v) is 3.27. The van der Waals surface area contributed by atoms with E-state index in [2.05, 4.69) is 10.3 Å². The van der Waals surface area contributed by atoms with Crippen molar-refractivity contribution in [3.63, 3.8) is 0 Å². The second-order valence-corrected chi connectivity index (χ2v) is 5.98. The van der Waals surface area contributed by atoms with Crippen LogP contribution >= 0.6 is 23.7 Å². The number of para-hydroxylation sites is 1. The van der Waals surface area contributed by atoms with Gasteiger partial charge >= 0.3 is 0 Å². The Morgan fingerprint density at radius 2 is 2.10 bits per heavy atom. The molecule has 0 aliphatic carbocycles. The fraction of sp³-hybridized carbons (Fsp3) is 0.429. The van der Waals surface area contributed by atoms with Gasteiger partial charge in [-0.2, -0.15) is 0 Å². The summed E-state index contributed by atoms with van der Waals surface area (Å²) in [5, 5.41) is 3.44. The minimum atomic E-state index is -0.495. The first-order valence-corrected chi connectivity index (χ1v) is 7.55. The van der Waals surface area contributed by atoms with Crippen molar-refractivity contribution < 1.29 is 9.53 Å². The molecule has 1 aromatic heterocycles. The molecule has 0 saturated carbocycles. The highest BCUT2D eigenvalue weighted by Crippen LogP contribution is 2.26. The van der Waals surface area contributed by atoms with Crippen LogP contribution in [-0.4, -0.2) is 30.1 Å². The molecule has 3 N–H and O–H groups in total. The van der Waals surface area contributed by atoms with Gasteiger partial charge in [0, 0.05) is 13.2 Å². The van der Waals surface area contributed by atoms with E-state index in [9.17, 15) is 4.79 Å². The van der Waals surface area contributed by atoms with Crippen molar-refractivity contribution in [2.45, 2.75) is 18.9 Å². The van der Waals surface area contributed by atoms with Crippen molar-refractivity contribution in [3.05, 3.63) is 24.3 Å². The molecule has 114 valence electrons. The Labute approximate surface area is 133 Å². The number of nitrogens with one attached hydrogen (secondary N) is 1. The molecule has 2 aromatic rings. The molecule has 5 nitrogen and oxygen atoms in total. The lowest BCUT2D eigenvalue weighted by Gasteiger charge is -2.26. The third-order valence-electron chi connectivity index (χ3n) is 3.60. The highest BCUT2D eigenvalue weighted by molar-refractivity contribution is 7.22. The number of halogens is 1. The number of amides is 1. The zero-order chi connectivity index (χ0) is 13.9. The van der Waals surface area contributed by atoms with E-state index in [1.54, 1.807) is 0 Å². The summed E-state index contributed by atoms with van der Waals surface area (Å²) < 4.78 is 6.35. The quantitative estimate of drug-likeness (QED) is 0.907. The minimum Gasteiger partial charge on any atom is -0.381 e. The van der Waals surface area contributed by atoms with Crippen molar-refractivity contribution in [1.29, 1.82) is 0 Å². The Morgan fingerprint density at radius 1 is 1.38 bits per heavy atom.